The highest BCUT2D eigenvalue weighted by molar-refractivity contribution is 6.23. The minimum absolute atomic E-state index is 0.0355. The first-order valence-corrected chi connectivity index (χ1v) is 5.81. The molecular formula is C15H10O4. The molecule has 4 heteroatoms. The molecule has 0 unspecified atom stereocenters. The van der Waals surface area contributed by atoms with Gasteiger partial charge in [0.2, 0.25) is 0 Å². The van der Waals surface area contributed by atoms with Crippen LogP contribution in [0.2, 0.25) is 0 Å². The summed E-state index contributed by atoms with van der Waals surface area (Å²) < 4.78 is 0. The number of allylic oxidation sites excluding steroid dienone is 1. The van der Waals surface area contributed by atoms with Crippen LogP contribution >= 0.6 is 0 Å². The predicted molar refractivity (Wildman–Crippen MR) is 70.2 cm³/mol. The number of benzene rings is 2. The van der Waals surface area contributed by atoms with Crippen molar-refractivity contribution in [3.8, 4) is 0 Å². The highest BCUT2D eigenvalue weighted by Gasteiger charge is 2.25. The van der Waals surface area contributed by atoms with E-state index in [1.165, 1.54) is 6.07 Å². The fourth-order valence-electron chi connectivity index (χ4n) is 2.59. The van der Waals surface area contributed by atoms with Gasteiger partial charge in [-0.15, -0.1) is 0 Å². The molecular weight excluding hydrogens is 244 g/mol. The molecule has 0 atom stereocenters. The molecule has 0 aromatic heterocycles. The van der Waals surface area contributed by atoms with Crippen molar-refractivity contribution in [2.24, 2.45) is 0 Å². The van der Waals surface area contributed by atoms with Gasteiger partial charge < -0.3 is 10.2 Å². The van der Waals surface area contributed by atoms with Gasteiger partial charge >= 0.3 is 11.9 Å². The Morgan fingerprint density at radius 1 is 1.00 bits per heavy atom. The number of hydrogen-bond acceptors (Lipinski definition) is 2. The fourth-order valence-corrected chi connectivity index (χ4v) is 2.59. The van der Waals surface area contributed by atoms with Gasteiger partial charge in [-0.2, -0.15) is 0 Å². The van der Waals surface area contributed by atoms with E-state index in [0.29, 0.717) is 12.0 Å². The van der Waals surface area contributed by atoms with Crippen LogP contribution in [-0.4, -0.2) is 22.2 Å². The lowest BCUT2D eigenvalue weighted by Crippen LogP contribution is -2.11. The van der Waals surface area contributed by atoms with Crippen molar-refractivity contribution < 1.29 is 19.8 Å². The molecule has 3 rings (SSSR count). The molecule has 2 N–H and O–H groups in total. The zero-order chi connectivity index (χ0) is 13.6. The van der Waals surface area contributed by atoms with Gasteiger partial charge in [-0.25, -0.2) is 9.59 Å². The number of carboxylic acids is 2. The van der Waals surface area contributed by atoms with Crippen molar-refractivity contribution in [1.29, 1.82) is 0 Å². The molecule has 0 saturated heterocycles. The Morgan fingerprint density at radius 2 is 1.79 bits per heavy atom. The topological polar surface area (TPSA) is 74.6 Å². The number of rotatable bonds is 2. The fraction of sp³-hybridized carbons (Fsp3) is 0.0667. The van der Waals surface area contributed by atoms with E-state index < -0.39 is 11.9 Å². The monoisotopic (exact) mass is 254 g/mol. The lowest BCUT2D eigenvalue weighted by Gasteiger charge is -2.18. The molecule has 2 aromatic rings. The lowest BCUT2D eigenvalue weighted by molar-refractivity contribution is -0.130. The summed E-state index contributed by atoms with van der Waals surface area (Å²) in [6, 6.07) is 8.83. The molecule has 0 spiro atoms. The average molecular weight is 254 g/mol. The summed E-state index contributed by atoms with van der Waals surface area (Å²) >= 11 is 0. The van der Waals surface area contributed by atoms with Crippen LogP contribution in [0.4, 0.5) is 0 Å². The molecule has 0 amide bonds. The zero-order valence-corrected chi connectivity index (χ0v) is 9.88. The molecule has 0 aliphatic heterocycles. The summed E-state index contributed by atoms with van der Waals surface area (Å²) in [5.41, 5.74) is 1.38. The maximum Gasteiger partial charge on any atom is 0.336 e. The molecule has 19 heavy (non-hydrogen) atoms. The Morgan fingerprint density at radius 3 is 2.47 bits per heavy atom. The summed E-state index contributed by atoms with van der Waals surface area (Å²) in [6.07, 6.45) is 2.08. The number of carboxylic acid groups (broad SMARTS) is 2. The van der Waals surface area contributed by atoms with E-state index in [1.54, 1.807) is 12.1 Å². The Bertz CT molecular complexity index is 756. The van der Waals surface area contributed by atoms with Gasteiger partial charge in [-0.1, -0.05) is 30.3 Å². The van der Waals surface area contributed by atoms with Crippen LogP contribution in [0.1, 0.15) is 21.5 Å². The normalized spacial score (nSPS) is 13.2. The second-order valence-electron chi connectivity index (χ2n) is 4.44. The Labute approximate surface area is 108 Å². The van der Waals surface area contributed by atoms with Crippen molar-refractivity contribution in [2.75, 3.05) is 0 Å². The maximum atomic E-state index is 11.3. The SMILES string of the molecule is O=C(O)C1=CCc2cccc3ccc(C(=O)O)c1c23. The third-order valence-corrected chi connectivity index (χ3v) is 3.39. The number of aromatic carboxylic acids is 1. The Balaban J connectivity index is 2.48. The maximum absolute atomic E-state index is 11.3. The van der Waals surface area contributed by atoms with Crippen molar-refractivity contribution in [3.05, 3.63) is 53.1 Å². The number of aliphatic carboxylic acids is 1. The molecule has 1 aliphatic rings. The van der Waals surface area contributed by atoms with Crippen LogP contribution in [0.5, 0.6) is 0 Å². The van der Waals surface area contributed by atoms with Gasteiger partial charge in [0, 0.05) is 5.56 Å². The standard InChI is InChI=1S/C15H10O4/c16-14(17)10-6-4-8-2-1-3-9-5-7-11(15(18)19)13(10)12(8)9/h1-4,6-7H,5H2,(H,16,17)(H,18,19). The second kappa shape index (κ2) is 3.95. The number of hydrogen-bond donors (Lipinski definition) is 2. The summed E-state index contributed by atoms with van der Waals surface area (Å²) in [4.78, 5) is 22.6. The molecule has 0 fully saturated rings. The zero-order valence-electron chi connectivity index (χ0n) is 9.88. The van der Waals surface area contributed by atoms with E-state index in [4.69, 9.17) is 0 Å². The molecule has 0 saturated carbocycles. The van der Waals surface area contributed by atoms with Gasteiger partial charge in [0.1, 0.15) is 0 Å². The highest BCUT2D eigenvalue weighted by atomic mass is 16.4. The van der Waals surface area contributed by atoms with Crippen LogP contribution in [0.25, 0.3) is 16.3 Å². The smallest absolute Gasteiger partial charge is 0.336 e. The van der Waals surface area contributed by atoms with Gasteiger partial charge in [-0.3, -0.25) is 0 Å². The molecule has 0 bridgehead atoms. The first-order valence-electron chi connectivity index (χ1n) is 5.81. The first kappa shape index (κ1) is 11.5. The van der Waals surface area contributed by atoms with E-state index in [9.17, 15) is 19.8 Å². The van der Waals surface area contributed by atoms with E-state index in [2.05, 4.69) is 0 Å². The van der Waals surface area contributed by atoms with Gasteiger partial charge in [0.15, 0.2) is 0 Å². The van der Waals surface area contributed by atoms with Crippen molar-refractivity contribution >= 4 is 28.3 Å². The van der Waals surface area contributed by atoms with Gasteiger partial charge in [-0.05, 0) is 28.8 Å². The molecule has 0 heterocycles. The first-order chi connectivity index (χ1) is 9.09. The molecule has 94 valence electrons. The van der Waals surface area contributed by atoms with Crippen LogP contribution in [0, 0.1) is 0 Å². The second-order valence-corrected chi connectivity index (χ2v) is 4.44. The molecule has 0 radical (unpaired) electrons. The van der Waals surface area contributed by atoms with Gasteiger partial charge in [0.25, 0.3) is 0 Å². The van der Waals surface area contributed by atoms with E-state index >= 15 is 0 Å². The summed E-state index contributed by atoms with van der Waals surface area (Å²) in [7, 11) is 0. The summed E-state index contributed by atoms with van der Waals surface area (Å²) in [6.45, 7) is 0. The largest absolute Gasteiger partial charge is 0.478 e. The van der Waals surface area contributed by atoms with Gasteiger partial charge in [0.05, 0.1) is 11.1 Å². The minimum atomic E-state index is -1.11. The molecule has 1 aliphatic carbocycles. The number of carbonyl (C=O) groups is 2. The van der Waals surface area contributed by atoms with Crippen LogP contribution in [-0.2, 0) is 11.2 Å². The average Bonchev–Trinajstić information content (AvgIpc) is 2.39. The van der Waals surface area contributed by atoms with Crippen LogP contribution in [0.15, 0.2) is 36.4 Å². The van der Waals surface area contributed by atoms with Crippen LogP contribution < -0.4 is 0 Å². The third-order valence-electron chi connectivity index (χ3n) is 3.39. The molecule has 2 aromatic carbocycles. The van der Waals surface area contributed by atoms with Crippen LogP contribution in [0.3, 0.4) is 0 Å². The summed E-state index contributed by atoms with van der Waals surface area (Å²) in [5, 5.41) is 20.1. The van der Waals surface area contributed by atoms with E-state index in [-0.39, 0.29) is 11.1 Å². The van der Waals surface area contributed by atoms with Crippen molar-refractivity contribution in [2.45, 2.75) is 6.42 Å². The van der Waals surface area contributed by atoms with Crippen molar-refractivity contribution in [3.63, 3.8) is 0 Å². The minimum Gasteiger partial charge on any atom is -0.478 e. The van der Waals surface area contributed by atoms with E-state index in [0.717, 1.165) is 16.3 Å². The van der Waals surface area contributed by atoms with Crippen molar-refractivity contribution in [1.82, 2.24) is 0 Å². The quantitative estimate of drug-likeness (QED) is 0.863. The Kier molecular flexibility index (Phi) is 2.38. The highest BCUT2D eigenvalue weighted by Crippen LogP contribution is 2.35. The predicted octanol–water partition coefficient (Wildman–Crippen LogP) is 2.56. The van der Waals surface area contributed by atoms with E-state index in [1.807, 2.05) is 18.2 Å². The lowest BCUT2D eigenvalue weighted by atomic mass is 9.85. The Hall–Kier alpha value is -2.62. The summed E-state index contributed by atoms with van der Waals surface area (Å²) in [5.74, 6) is -2.20. The molecule has 4 nitrogen and oxygen atoms in total. The third kappa shape index (κ3) is 1.61.